The summed E-state index contributed by atoms with van der Waals surface area (Å²) in [6.07, 6.45) is 2.84. The first-order chi connectivity index (χ1) is 10.2. The largest absolute Gasteiger partial charge is 0.342 e. The summed E-state index contributed by atoms with van der Waals surface area (Å²) in [5, 5.41) is 3.22. The molecule has 0 bridgehead atoms. The smallest absolute Gasteiger partial charge is 0.226 e. The molecule has 1 N–H and O–H groups in total. The number of nitrogens with zero attached hydrogens (tertiary/aromatic N) is 1. The molecule has 21 heavy (non-hydrogen) atoms. The molecule has 116 valence electrons. The van der Waals surface area contributed by atoms with Crippen molar-refractivity contribution in [2.45, 2.75) is 26.2 Å². The summed E-state index contributed by atoms with van der Waals surface area (Å²) in [5.41, 5.74) is 1.23. The Kier molecular flexibility index (Phi) is 6.24. The highest BCUT2D eigenvalue weighted by atomic mass is 79.9. The number of hydrogen-bond donors (Lipinski definition) is 1. The van der Waals surface area contributed by atoms with Gasteiger partial charge in [0.15, 0.2) is 0 Å². The zero-order valence-corrected chi connectivity index (χ0v) is 14.5. The zero-order chi connectivity index (χ0) is 15.2. The number of rotatable bonds is 6. The average molecular weight is 353 g/mol. The van der Waals surface area contributed by atoms with Gasteiger partial charge in [0.25, 0.3) is 0 Å². The van der Waals surface area contributed by atoms with Crippen LogP contribution in [0.2, 0.25) is 0 Å². The van der Waals surface area contributed by atoms with Crippen LogP contribution in [0.4, 0.5) is 0 Å². The molecule has 4 heteroatoms. The van der Waals surface area contributed by atoms with Crippen molar-refractivity contribution < 1.29 is 4.79 Å². The van der Waals surface area contributed by atoms with Crippen LogP contribution >= 0.6 is 15.9 Å². The van der Waals surface area contributed by atoms with Crippen LogP contribution in [0.5, 0.6) is 0 Å². The normalized spacial score (nSPS) is 19.8. The van der Waals surface area contributed by atoms with E-state index in [4.69, 9.17) is 0 Å². The number of carbonyl (C=O) groups is 1. The number of carbonyl (C=O) groups excluding carboxylic acids is 1. The van der Waals surface area contributed by atoms with Gasteiger partial charge >= 0.3 is 0 Å². The molecule has 1 aromatic carbocycles. The van der Waals surface area contributed by atoms with Gasteiger partial charge in [-0.05, 0) is 50.4 Å². The molecular weight excluding hydrogens is 328 g/mol. The quantitative estimate of drug-likeness (QED) is 0.853. The van der Waals surface area contributed by atoms with E-state index < -0.39 is 0 Å². The van der Waals surface area contributed by atoms with Crippen molar-refractivity contribution in [2.24, 2.45) is 11.8 Å². The Morgan fingerprint density at radius 1 is 1.48 bits per heavy atom. The highest BCUT2D eigenvalue weighted by Crippen LogP contribution is 2.24. The molecule has 3 nitrogen and oxygen atoms in total. The van der Waals surface area contributed by atoms with Crippen LogP contribution in [-0.2, 0) is 11.2 Å². The Bertz CT molecular complexity index is 478. The van der Waals surface area contributed by atoms with E-state index in [-0.39, 0.29) is 5.92 Å². The molecule has 1 amide bonds. The molecular formula is C17H25BrN2O. The fourth-order valence-electron chi connectivity index (χ4n) is 3.08. The first-order valence-electron chi connectivity index (χ1n) is 7.82. The molecule has 0 aliphatic carbocycles. The Labute approximate surface area is 136 Å². The third-order valence-corrected chi connectivity index (χ3v) is 5.13. The highest BCUT2D eigenvalue weighted by Gasteiger charge is 2.30. The van der Waals surface area contributed by atoms with Crippen molar-refractivity contribution in [1.29, 1.82) is 0 Å². The SMILES string of the molecule is CCC(Cc1ccccc1Br)C(=O)N1CCC(CNC)C1. The van der Waals surface area contributed by atoms with Gasteiger partial charge in [0, 0.05) is 23.5 Å². The van der Waals surface area contributed by atoms with Crippen molar-refractivity contribution in [3.63, 3.8) is 0 Å². The number of amides is 1. The van der Waals surface area contributed by atoms with Crippen molar-refractivity contribution >= 4 is 21.8 Å². The van der Waals surface area contributed by atoms with E-state index in [1.54, 1.807) is 0 Å². The lowest BCUT2D eigenvalue weighted by Crippen LogP contribution is -2.36. The van der Waals surface area contributed by atoms with Crippen LogP contribution in [-0.4, -0.2) is 37.5 Å². The third-order valence-electron chi connectivity index (χ3n) is 4.36. The average Bonchev–Trinajstić information content (AvgIpc) is 2.95. The second-order valence-electron chi connectivity index (χ2n) is 5.90. The molecule has 2 unspecified atom stereocenters. The van der Waals surface area contributed by atoms with Crippen LogP contribution in [0.1, 0.15) is 25.3 Å². The highest BCUT2D eigenvalue weighted by molar-refractivity contribution is 9.10. The minimum absolute atomic E-state index is 0.0945. The molecule has 1 aliphatic heterocycles. The summed E-state index contributed by atoms with van der Waals surface area (Å²) < 4.78 is 1.10. The van der Waals surface area contributed by atoms with Gasteiger partial charge < -0.3 is 10.2 Å². The van der Waals surface area contributed by atoms with Crippen LogP contribution < -0.4 is 5.32 Å². The van der Waals surface area contributed by atoms with Gasteiger partial charge in [-0.3, -0.25) is 4.79 Å². The van der Waals surface area contributed by atoms with E-state index in [0.717, 1.165) is 43.4 Å². The van der Waals surface area contributed by atoms with E-state index in [0.29, 0.717) is 11.8 Å². The van der Waals surface area contributed by atoms with Gasteiger partial charge in [0.05, 0.1) is 0 Å². The molecule has 1 saturated heterocycles. The fourth-order valence-corrected chi connectivity index (χ4v) is 3.53. The zero-order valence-electron chi connectivity index (χ0n) is 12.9. The summed E-state index contributed by atoms with van der Waals surface area (Å²) in [7, 11) is 1.98. The lowest BCUT2D eigenvalue weighted by molar-refractivity contribution is -0.134. The second-order valence-corrected chi connectivity index (χ2v) is 6.75. The molecule has 2 atom stereocenters. The maximum atomic E-state index is 12.7. The number of halogens is 1. The Hall–Kier alpha value is -0.870. The first-order valence-corrected chi connectivity index (χ1v) is 8.61. The fraction of sp³-hybridized carbons (Fsp3) is 0.588. The Morgan fingerprint density at radius 2 is 2.24 bits per heavy atom. The Balaban J connectivity index is 1.98. The first kappa shape index (κ1) is 16.5. The van der Waals surface area contributed by atoms with Crippen molar-refractivity contribution in [2.75, 3.05) is 26.7 Å². The van der Waals surface area contributed by atoms with E-state index in [9.17, 15) is 4.79 Å². The van der Waals surface area contributed by atoms with E-state index in [2.05, 4.69) is 39.1 Å². The summed E-state index contributed by atoms with van der Waals surface area (Å²) in [6.45, 7) is 4.94. The number of hydrogen-bond acceptors (Lipinski definition) is 2. The van der Waals surface area contributed by atoms with E-state index in [1.807, 2.05) is 25.2 Å². The summed E-state index contributed by atoms with van der Waals surface area (Å²) in [4.78, 5) is 14.8. The number of benzene rings is 1. The molecule has 1 aliphatic rings. The monoisotopic (exact) mass is 352 g/mol. The van der Waals surface area contributed by atoms with Gasteiger partial charge in [0.2, 0.25) is 5.91 Å². The molecule has 1 heterocycles. The summed E-state index contributed by atoms with van der Waals surface area (Å²) in [5.74, 6) is 1.03. The van der Waals surface area contributed by atoms with Crippen molar-refractivity contribution in [3.05, 3.63) is 34.3 Å². The minimum Gasteiger partial charge on any atom is -0.342 e. The van der Waals surface area contributed by atoms with Gasteiger partial charge in [-0.15, -0.1) is 0 Å². The van der Waals surface area contributed by atoms with Crippen LogP contribution in [0.3, 0.4) is 0 Å². The summed E-state index contributed by atoms with van der Waals surface area (Å²) in [6, 6.07) is 8.20. The topological polar surface area (TPSA) is 32.3 Å². The maximum Gasteiger partial charge on any atom is 0.226 e. The number of nitrogens with one attached hydrogen (secondary N) is 1. The van der Waals surface area contributed by atoms with Gasteiger partial charge in [-0.25, -0.2) is 0 Å². The molecule has 1 fully saturated rings. The Morgan fingerprint density at radius 3 is 2.90 bits per heavy atom. The lowest BCUT2D eigenvalue weighted by atomic mass is 9.95. The van der Waals surface area contributed by atoms with Crippen molar-refractivity contribution in [3.8, 4) is 0 Å². The predicted molar refractivity (Wildman–Crippen MR) is 90.2 cm³/mol. The van der Waals surface area contributed by atoms with E-state index in [1.165, 1.54) is 5.56 Å². The standard InChI is InChI=1S/C17H25BrN2O/c1-3-14(10-15-6-4-5-7-16(15)18)17(21)20-9-8-13(12-20)11-19-2/h4-7,13-14,19H,3,8-12H2,1-2H3. The van der Waals surface area contributed by atoms with Crippen LogP contribution in [0.15, 0.2) is 28.7 Å². The van der Waals surface area contributed by atoms with Gasteiger partial charge in [-0.2, -0.15) is 0 Å². The third kappa shape index (κ3) is 4.30. The van der Waals surface area contributed by atoms with Crippen LogP contribution in [0.25, 0.3) is 0 Å². The lowest BCUT2D eigenvalue weighted by Gasteiger charge is -2.23. The second kappa shape index (κ2) is 7.95. The van der Waals surface area contributed by atoms with E-state index >= 15 is 0 Å². The van der Waals surface area contributed by atoms with Crippen molar-refractivity contribution in [1.82, 2.24) is 10.2 Å². The maximum absolute atomic E-state index is 12.7. The molecule has 0 aromatic heterocycles. The summed E-state index contributed by atoms with van der Waals surface area (Å²) >= 11 is 3.58. The predicted octanol–water partition coefficient (Wildman–Crippen LogP) is 3.09. The molecule has 0 radical (unpaired) electrons. The van der Waals surface area contributed by atoms with Gasteiger partial charge in [0.1, 0.15) is 0 Å². The van der Waals surface area contributed by atoms with Crippen LogP contribution in [0, 0.1) is 11.8 Å². The minimum atomic E-state index is 0.0945. The molecule has 0 spiro atoms. The van der Waals surface area contributed by atoms with Gasteiger partial charge in [-0.1, -0.05) is 41.1 Å². The molecule has 0 saturated carbocycles. The molecule has 2 rings (SSSR count). The number of likely N-dealkylation sites (tertiary alicyclic amines) is 1. The molecule has 1 aromatic rings.